The molecule has 6 heteroatoms. The fraction of sp³-hybridized carbons (Fsp3) is 0.500. The number of rotatable bonds is 2. The Kier molecular flexibility index (Phi) is 4.30. The summed E-state index contributed by atoms with van der Waals surface area (Å²) in [6, 6.07) is 5.61. The lowest BCUT2D eigenvalue weighted by atomic mass is 9.91. The number of likely N-dealkylation sites (tertiary alicyclic amines) is 1. The molecule has 0 aromatic carbocycles. The molecule has 24 heavy (non-hydrogen) atoms. The molecule has 2 amide bonds. The molecule has 0 saturated carbocycles. The fourth-order valence-corrected chi connectivity index (χ4v) is 3.13. The number of nitrogens with one attached hydrogen (secondary N) is 1. The van der Waals surface area contributed by atoms with Crippen molar-refractivity contribution in [1.82, 2.24) is 14.3 Å². The molecule has 6 nitrogen and oxygen atoms in total. The molecule has 1 fully saturated rings. The summed E-state index contributed by atoms with van der Waals surface area (Å²) in [5.74, 6) is 0.595. The van der Waals surface area contributed by atoms with Gasteiger partial charge in [0.25, 0.3) is 0 Å². The number of pyridine rings is 1. The number of hydrogen-bond donors (Lipinski definition) is 1. The van der Waals surface area contributed by atoms with Gasteiger partial charge < -0.3 is 10.2 Å². The molecule has 1 aliphatic rings. The van der Waals surface area contributed by atoms with Crippen LogP contribution in [0.2, 0.25) is 0 Å². The van der Waals surface area contributed by atoms with E-state index in [1.54, 1.807) is 6.20 Å². The first-order valence-electron chi connectivity index (χ1n) is 8.38. The third-order valence-electron chi connectivity index (χ3n) is 4.40. The zero-order chi connectivity index (χ0) is 17.3. The number of carbonyl (C=O) groups is 2. The smallest absolute Gasteiger partial charge is 0.230 e. The van der Waals surface area contributed by atoms with Crippen molar-refractivity contribution in [3.63, 3.8) is 0 Å². The van der Waals surface area contributed by atoms with Crippen molar-refractivity contribution in [2.24, 2.45) is 11.3 Å². The second kappa shape index (κ2) is 6.26. The zero-order valence-electron chi connectivity index (χ0n) is 14.5. The highest BCUT2D eigenvalue weighted by Crippen LogP contribution is 2.24. The summed E-state index contributed by atoms with van der Waals surface area (Å²) in [6.07, 6.45) is 5.19. The maximum atomic E-state index is 12.7. The largest absolute Gasteiger partial charge is 0.341 e. The van der Waals surface area contributed by atoms with Crippen LogP contribution >= 0.6 is 0 Å². The van der Waals surface area contributed by atoms with Crippen LogP contribution in [0.4, 0.5) is 5.82 Å². The SMILES string of the molecule is CC(C)(C)C(=O)N1CCCC(C(=O)Nc2cccc3nccn23)C1. The molecule has 0 spiro atoms. The van der Waals surface area contributed by atoms with E-state index in [-0.39, 0.29) is 17.7 Å². The number of piperidine rings is 1. The summed E-state index contributed by atoms with van der Waals surface area (Å²) < 4.78 is 1.85. The van der Waals surface area contributed by atoms with E-state index in [9.17, 15) is 9.59 Å². The van der Waals surface area contributed by atoms with Crippen LogP contribution in [0.5, 0.6) is 0 Å². The standard InChI is InChI=1S/C18H24N4O2/c1-18(2,3)17(24)21-10-5-6-13(12-21)16(23)20-15-8-4-7-14-19-9-11-22(14)15/h4,7-9,11,13H,5-6,10,12H2,1-3H3,(H,20,23). The molecule has 0 radical (unpaired) electrons. The van der Waals surface area contributed by atoms with Gasteiger partial charge in [-0.3, -0.25) is 14.0 Å². The lowest BCUT2D eigenvalue weighted by Crippen LogP contribution is -2.47. The van der Waals surface area contributed by atoms with Crippen molar-refractivity contribution in [2.45, 2.75) is 33.6 Å². The quantitative estimate of drug-likeness (QED) is 0.921. The normalized spacial score (nSPS) is 18.6. The predicted octanol–water partition coefficient (Wildman–Crippen LogP) is 2.56. The first-order valence-corrected chi connectivity index (χ1v) is 8.38. The molecular formula is C18H24N4O2. The van der Waals surface area contributed by atoms with Crippen LogP contribution in [0.1, 0.15) is 33.6 Å². The van der Waals surface area contributed by atoms with E-state index in [0.29, 0.717) is 12.4 Å². The van der Waals surface area contributed by atoms with E-state index in [1.165, 1.54) is 0 Å². The maximum Gasteiger partial charge on any atom is 0.230 e. The predicted molar refractivity (Wildman–Crippen MR) is 92.6 cm³/mol. The van der Waals surface area contributed by atoms with Crippen molar-refractivity contribution in [2.75, 3.05) is 18.4 Å². The summed E-state index contributed by atoms with van der Waals surface area (Å²) in [7, 11) is 0. The highest BCUT2D eigenvalue weighted by molar-refractivity contribution is 5.93. The molecule has 0 aliphatic carbocycles. The number of hydrogen-bond acceptors (Lipinski definition) is 3. The Morgan fingerprint density at radius 2 is 2.08 bits per heavy atom. The van der Waals surface area contributed by atoms with Gasteiger partial charge in [-0.25, -0.2) is 4.98 Å². The van der Waals surface area contributed by atoms with Gasteiger partial charge >= 0.3 is 0 Å². The second-order valence-electron chi connectivity index (χ2n) is 7.40. The highest BCUT2D eigenvalue weighted by atomic mass is 16.2. The van der Waals surface area contributed by atoms with Gasteiger partial charge in [0.2, 0.25) is 11.8 Å². The van der Waals surface area contributed by atoms with Gasteiger partial charge in [-0.2, -0.15) is 0 Å². The molecule has 1 saturated heterocycles. The molecule has 2 aromatic rings. The Balaban J connectivity index is 1.71. The Morgan fingerprint density at radius 1 is 1.29 bits per heavy atom. The molecule has 3 rings (SSSR count). The van der Waals surface area contributed by atoms with Crippen molar-refractivity contribution >= 4 is 23.3 Å². The van der Waals surface area contributed by atoms with Gasteiger partial charge in [0, 0.05) is 30.9 Å². The summed E-state index contributed by atoms with van der Waals surface area (Å²) in [5.41, 5.74) is 0.377. The molecule has 1 N–H and O–H groups in total. The number of fused-ring (bicyclic) bond motifs is 1. The summed E-state index contributed by atoms with van der Waals surface area (Å²) in [6.45, 7) is 6.97. The van der Waals surface area contributed by atoms with E-state index >= 15 is 0 Å². The molecule has 1 unspecified atom stereocenters. The third-order valence-corrected chi connectivity index (χ3v) is 4.40. The van der Waals surface area contributed by atoms with Crippen molar-refractivity contribution in [3.05, 3.63) is 30.6 Å². The number of carbonyl (C=O) groups excluding carboxylic acids is 2. The summed E-state index contributed by atoms with van der Waals surface area (Å²) in [5, 5.41) is 2.99. The van der Waals surface area contributed by atoms with Gasteiger partial charge in [-0.15, -0.1) is 0 Å². The lowest BCUT2D eigenvalue weighted by Gasteiger charge is -2.35. The number of amides is 2. The van der Waals surface area contributed by atoms with E-state index in [4.69, 9.17) is 0 Å². The zero-order valence-corrected chi connectivity index (χ0v) is 14.5. The van der Waals surface area contributed by atoms with Crippen molar-refractivity contribution < 1.29 is 9.59 Å². The van der Waals surface area contributed by atoms with Crippen LogP contribution in [-0.2, 0) is 9.59 Å². The first-order chi connectivity index (χ1) is 11.4. The molecule has 1 atom stereocenters. The van der Waals surface area contributed by atoms with Crippen LogP contribution < -0.4 is 5.32 Å². The number of anilines is 1. The minimum atomic E-state index is -0.416. The molecule has 128 valence electrons. The Bertz CT molecular complexity index is 760. The Labute approximate surface area is 141 Å². The number of aromatic nitrogens is 2. The average molecular weight is 328 g/mol. The number of imidazole rings is 1. The van der Waals surface area contributed by atoms with Gasteiger partial charge in [0.1, 0.15) is 11.5 Å². The fourth-order valence-electron chi connectivity index (χ4n) is 3.13. The minimum absolute atomic E-state index is 0.0393. The highest BCUT2D eigenvalue weighted by Gasteiger charge is 2.33. The maximum absolute atomic E-state index is 12.7. The second-order valence-corrected chi connectivity index (χ2v) is 7.40. The third kappa shape index (κ3) is 3.27. The minimum Gasteiger partial charge on any atom is -0.341 e. The Hall–Kier alpha value is -2.37. The summed E-state index contributed by atoms with van der Waals surface area (Å²) in [4.78, 5) is 31.2. The van der Waals surface area contributed by atoms with Crippen molar-refractivity contribution in [1.29, 1.82) is 0 Å². The van der Waals surface area contributed by atoms with Crippen LogP contribution in [0.25, 0.3) is 5.65 Å². The molecular weight excluding hydrogens is 304 g/mol. The van der Waals surface area contributed by atoms with E-state index in [1.807, 2.05) is 54.5 Å². The topological polar surface area (TPSA) is 66.7 Å². The van der Waals surface area contributed by atoms with Crippen molar-refractivity contribution in [3.8, 4) is 0 Å². The van der Waals surface area contributed by atoms with Gasteiger partial charge in [0.15, 0.2) is 0 Å². The van der Waals surface area contributed by atoms with Crippen LogP contribution in [0.15, 0.2) is 30.6 Å². The van der Waals surface area contributed by atoms with Gasteiger partial charge in [0.05, 0.1) is 5.92 Å². The molecule has 2 aromatic heterocycles. The molecule has 3 heterocycles. The lowest BCUT2D eigenvalue weighted by molar-refractivity contribution is -0.142. The van der Waals surface area contributed by atoms with E-state index in [0.717, 1.165) is 25.0 Å². The first kappa shape index (κ1) is 16.5. The monoisotopic (exact) mass is 328 g/mol. The van der Waals surface area contributed by atoms with E-state index in [2.05, 4.69) is 10.3 Å². The number of nitrogens with zero attached hydrogens (tertiary/aromatic N) is 3. The molecule has 0 bridgehead atoms. The molecule has 1 aliphatic heterocycles. The summed E-state index contributed by atoms with van der Waals surface area (Å²) >= 11 is 0. The van der Waals surface area contributed by atoms with Crippen LogP contribution in [0.3, 0.4) is 0 Å². The van der Waals surface area contributed by atoms with Crippen LogP contribution in [-0.4, -0.2) is 39.2 Å². The van der Waals surface area contributed by atoms with Gasteiger partial charge in [-0.1, -0.05) is 26.8 Å². The van der Waals surface area contributed by atoms with Gasteiger partial charge in [-0.05, 0) is 25.0 Å². The average Bonchev–Trinajstić information content (AvgIpc) is 3.03. The van der Waals surface area contributed by atoms with Crippen LogP contribution in [0, 0.1) is 11.3 Å². The van der Waals surface area contributed by atoms with E-state index < -0.39 is 5.41 Å². The Morgan fingerprint density at radius 3 is 2.83 bits per heavy atom.